The minimum atomic E-state index is -0.354. The van der Waals surface area contributed by atoms with Crippen molar-refractivity contribution in [3.05, 3.63) is 73.1 Å². The van der Waals surface area contributed by atoms with Crippen molar-refractivity contribution in [2.45, 2.75) is 0 Å². The van der Waals surface area contributed by atoms with Gasteiger partial charge >= 0.3 is 0 Å². The number of hydrogen-bond acceptors (Lipinski definition) is 3. The minimum Gasteiger partial charge on any atom is -0.839 e. The standard InChI is InChI=1S/C18H16N2O3/c1-2-12-23-13-15(21)17-18(22)20(14-8-4-3-5-9-14)16-10-6-7-11-19(16)17/h2-11H,1,12-13H2. The molecule has 5 nitrogen and oxygen atoms in total. The molecule has 0 atom stereocenters. The summed E-state index contributed by atoms with van der Waals surface area (Å²) in [5.74, 6) is -0.706. The summed E-state index contributed by atoms with van der Waals surface area (Å²) < 4.78 is 8.32. The van der Waals surface area contributed by atoms with E-state index in [-0.39, 0.29) is 30.6 Å². The Hall–Kier alpha value is -2.92. The molecule has 0 unspecified atom stereocenters. The highest BCUT2D eigenvalue weighted by atomic mass is 16.5. The number of benzene rings is 1. The SMILES string of the molecule is C=CCOCC(=O)c1c([O-])n(-c2ccccc2)c2cccc[n+]12. The van der Waals surface area contributed by atoms with Crippen LogP contribution in [-0.2, 0) is 4.74 Å². The van der Waals surface area contributed by atoms with Crippen molar-refractivity contribution < 1.29 is 19.0 Å². The number of carbonyl (C=O) groups is 1. The molecule has 0 N–H and O–H groups in total. The van der Waals surface area contributed by atoms with Gasteiger partial charge in [0, 0.05) is 6.07 Å². The van der Waals surface area contributed by atoms with Gasteiger partial charge in [-0.05, 0) is 18.2 Å². The minimum absolute atomic E-state index is 0.0912. The first-order chi connectivity index (χ1) is 11.2. The van der Waals surface area contributed by atoms with Gasteiger partial charge in [0.05, 0.1) is 12.8 Å². The number of para-hydroxylation sites is 1. The second-order valence-electron chi connectivity index (χ2n) is 4.98. The van der Waals surface area contributed by atoms with Crippen molar-refractivity contribution in [2.24, 2.45) is 0 Å². The highest BCUT2D eigenvalue weighted by Crippen LogP contribution is 2.22. The van der Waals surface area contributed by atoms with Gasteiger partial charge < -0.3 is 9.84 Å². The third-order valence-corrected chi connectivity index (χ3v) is 3.46. The van der Waals surface area contributed by atoms with Crippen LogP contribution < -0.4 is 9.51 Å². The number of hydrogen-bond donors (Lipinski definition) is 0. The molecule has 2 heterocycles. The van der Waals surface area contributed by atoms with Crippen LogP contribution in [0.5, 0.6) is 5.88 Å². The summed E-state index contributed by atoms with van der Waals surface area (Å²) in [5, 5.41) is 12.8. The first kappa shape index (κ1) is 15.0. The molecule has 0 aliphatic heterocycles. The molecule has 1 aromatic carbocycles. The number of ketones is 1. The Morgan fingerprint density at radius 3 is 2.70 bits per heavy atom. The van der Waals surface area contributed by atoms with E-state index in [1.165, 1.54) is 4.57 Å². The lowest BCUT2D eigenvalue weighted by atomic mass is 10.3. The number of nitrogens with zero attached hydrogens (tertiary/aromatic N) is 2. The van der Waals surface area contributed by atoms with Crippen molar-refractivity contribution >= 4 is 11.4 Å². The molecule has 23 heavy (non-hydrogen) atoms. The third kappa shape index (κ3) is 2.74. The van der Waals surface area contributed by atoms with E-state index < -0.39 is 0 Å². The zero-order chi connectivity index (χ0) is 16.2. The molecule has 2 aromatic heterocycles. The Labute approximate surface area is 133 Å². The number of rotatable bonds is 6. The van der Waals surface area contributed by atoms with Crippen LogP contribution in [0.4, 0.5) is 0 Å². The fraction of sp³-hybridized carbons (Fsp3) is 0.111. The van der Waals surface area contributed by atoms with E-state index >= 15 is 0 Å². The lowest BCUT2D eigenvalue weighted by molar-refractivity contribution is -0.516. The molecule has 116 valence electrons. The average molecular weight is 308 g/mol. The molecule has 3 aromatic rings. The highest BCUT2D eigenvalue weighted by Gasteiger charge is 2.25. The molecule has 0 amide bonds. The van der Waals surface area contributed by atoms with Gasteiger partial charge in [0.25, 0.3) is 5.65 Å². The zero-order valence-corrected chi connectivity index (χ0v) is 12.5. The summed E-state index contributed by atoms with van der Waals surface area (Å²) in [6, 6.07) is 14.6. The first-order valence-electron chi connectivity index (χ1n) is 7.23. The molecular weight excluding hydrogens is 292 g/mol. The van der Waals surface area contributed by atoms with Gasteiger partial charge in [-0.25, -0.2) is 4.57 Å². The summed E-state index contributed by atoms with van der Waals surface area (Å²) in [4.78, 5) is 12.4. The number of carbonyl (C=O) groups excluding carboxylic acids is 1. The van der Waals surface area contributed by atoms with Crippen LogP contribution in [0.15, 0.2) is 67.4 Å². The summed E-state index contributed by atoms with van der Waals surface area (Å²) >= 11 is 0. The van der Waals surface area contributed by atoms with Crippen molar-refractivity contribution in [3.63, 3.8) is 0 Å². The molecule has 0 fully saturated rings. The van der Waals surface area contributed by atoms with E-state index in [0.717, 1.165) is 0 Å². The van der Waals surface area contributed by atoms with Crippen LogP contribution >= 0.6 is 0 Å². The maximum Gasteiger partial charge on any atom is 0.291 e. The largest absolute Gasteiger partial charge is 0.839 e. The molecular formula is C18H16N2O3. The second-order valence-corrected chi connectivity index (χ2v) is 4.98. The molecule has 0 spiro atoms. The van der Waals surface area contributed by atoms with Gasteiger partial charge in [-0.15, -0.1) is 6.58 Å². The molecule has 5 heteroatoms. The van der Waals surface area contributed by atoms with E-state index in [0.29, 0.717) is 11.3 Å². The van der Waals surface area contributed by atoms with E-state index in [2.05, 4.69) is 6.58 Å². The molecule has 0 saturated heterocycles. The molecule has 0 saturated carbocycles. The van der Waals surface area contributed by atoms with Crippen molar-refractivity contribution in [1.29, 1.82) is 0 Å². The van der Waals surface area contributed by atoms with E-state index in [4.69, 9.17) is 4.74 Å². The van der Waals surface area contributed by atoms with Crippen LogP contribution in [0.3, 0.4) is 0 Å². The summed E-state index contributed by atoms with van der Waals surface area (Å²) in [5.41, 5.74) is 1.44. The average Bonchev–Trinajstić information content (AvgIpc) is 2.87. The summed E-state index contributed by atoms with van der Waals surface area (Å²) in [7, 11) is 0. The third-order valence-electron chi connectivity index (χ3n) is 3.46. The van der Waals surface area contributed by atoms with E-state index in [9.17, 15) is 9.90 Å². The van der Waals surface area contributed by atoms with Gasteiger partial charge in [-0.2, -0.15) is 4.40 Å². The maximum absolute atomic E-state index is 12.8. The van der Waals surface area contributed by atoms with E-state index in [1.54, 1.807) is 28.8 Å². The number of pyridine rings is 1. The number of fused-ring (bicyclic) bond motifs is 1. The summed E-state index contributed by atoms with van der Waals surface area (Å²) in [6.45, 7) is 3.64. The molecule has 0 radical (unpaired) electrons. The van der Waals surface area contributed by atoms with Crippen LogP contribution in [-0.4, -0.2) is 23.6 Å². The van der Waals surface area contributed by atoms with Crippen molar-refractivity contribution in [1.82, 2.24) is 4.57 Å². The van der Waals surface area contributed by atoms with Gasteiger partial charge in [-0.3, -0.25) is 4.79 Å². The number of imidazole rings is 1. The Bertz CT molecular complexity index is 853. The predicted octanol–water partition coefficient (Wildman–Crippen LogP) is 1.67. The molecule has 3 rings (SSSR count). The molecule has 0 bridgehead atoms. The van der Waals surface area contributed by atoms with Gasteiger partial charge in [0.15, 0.2) is 0 Å². The quantitative estimate of drug-likeness (QED) is 0.301. The fourth-order valence-electron chi connectivity index (χ4n) is 2.50. The fourth-order valence-corrected chi connectivity index (χ4v) is 2.50. The second kappa shape index (κ2) is 6.46. The smallest absolute Gasteiger partial charge is 0.291 e. The van der Waals surface area contributed by atoms with Crippen LogP contribution in [0.25, 0.3) is 11.3 Å². The van der Waals surface area contributed by atoms with Gasteiger partial charge in [-0.1, -0.05) is 30.3 Å². The monoisotopic (exact) mass is 308 g/mol. The normalized spacial score (nSPS) is 10.8. The van der Waals surface area contributed by atoms with Crippen LogP contribution in [0, 0.1) is 0 Å². The number of aromatic nitrogens is 2. The number of Topliss-reactive ketones (excluding diaryl/α,β-unsaturated/α-hetero) is 1. The molecule has 0 aliphatic carbocycles. The van der Waals surface area contributed by atoms with Crippen molar-refractivity contribution in [3.8, 4) is 11.6 Å². The maximum atomic E-state index is 12.8. The Balaban J connectivity index is 2.14. The highest BCUT2D eigenvalue weighted by molar-refractivity contribution is 5.96. The Morgan fingerprint density at radius 1 is 1.22 bits per heavy atom. The number of ether oxygens (including phenoxy) is 1. The predicted molar refractivity (Wildman–Crippen MR) is 83.7 cm³/mol. The summed E-state index contributed by atoms with van der Waals surface area (Å²) in [6.07, 6.45) is 3.27. The van der Waals surface area contributed by atoms with Crippen LogP contribution in [0.1, 0.15) is 10.5 Å². The first-order valence-corrected chi connectivity index (χ1v) is 7.23. The van der Waals surface area contributed by atoms with E-state index in [1.807, 2.05) is 36.4 Å². The van der Waals surface area contributed by atoms with Crippen molar-refractivity contribution in [2.75, 3.05) is 13.2 Å². The molecule has 0 aliphatic rings. The lowest BCUT2D eigenvalue weighted by Crippen LogP contribution is -2.29. The Kier molecular flexibility index (Phi) is 4.21. The zero-order valence-electron chi connectivity index (χ0n) is 12.5. The lowest BCUT2D eigenvalue weighted by Gasteiger charge is -2.06. The van der Waals surface area contributed by atoms with Crippen LogP contribution in [0.2, 0.25) is 0 Å². The topological polar surface area (TPSA) is 58.4 Å². The Morgan fingerprint density at radius 2 is 1.96 bits per heavy atom. The van der Waals surface area contributed by atoms with Gasteiger partial charge in [0.2, 0.25) is 11.5 Å². The van der Waals surface area contributed by atoms with Gasteiger partial charge in [0.1, 0.15) is 18.2 Å².